The standard InChI is InChI=1S/C13H19FN2/c1-9-7-12(11(15)8-10(9)14)16-6-4-5-13(16,2)3/h7-8H,4-6,15H2,1-3H3. The van der Waals surface area contributed by atoms with Crippen LogP contribution in [0.1, 0.15) is 32.3 Å². The van der Waals surface area contributed by atoms with Gasteiger partial charge in [0.25, 0.3) is 0 Å². The molecule has 2 N–H and O–H groups in total. The normalized spacial score (nSPS) is 19.1. The first-order chi connectivity index (χ1) is 7.42. The van der Waals surface area contributed by atoms with Gasteiger partial charge >= 0.3 is 0 Å². The third kappa shape index (κ3) is 1.75. The maximum atomic E-state index is 13.3. The van der Waals surface area contributed by atoms with Gasteiger partial charge in [0.15, 0.2) is 0 Å². The first-order valence-electron chi connectivity index (χ1n) is 5.75. The zero-order valence-electron chi connectivity index (χ0n) is 10.2. The van der Waals surface area contributed by atoms with Crippen LogP contribution in [0.3, 0.4) is 0 Å². The Morgan fingerprint density at radius 1 is 1.38 bits per heavy atom. The van der Waals surface area contributed by atoms with Crippen molar-refractivity contribution in [2.24, 2.45) is 0 Å². The molecule has 0 aromatic heterocycles. The summed E-state index contributed by atoms with van der Waals surface area (Å²) in [4.78, 5) is 2.29. The summed E-state index contributed by atoms with van der Waals surface area (Å²) in [5.74, 6) is -0.224. The lowest BCUT2D eigenvalue weighted by Gasteiger charge is -2.34. The summed E-state index contributed by atoms with van der Waals surface area (Å²) >= 11 is 0. The Morgan fingerprint density at radius 3 is 2.62 bits per heavy atom. The molecule has 2 nitrogen and oxygen atoms in total. The van der Waals surface area contributed by atoms with Crippen LogP contribution < -0.4 is 10.6 Å². The maximum absolute atomic E-state index is 13.3. The molecule has 1 aliphatic rings. The molecule has 0 atom stereocenters. The van der Waals surface area contributed by atoms with Crippen LogP contribution in [-0.4, -0.2) is 12.1 Å². The van der Waals surface area contributed by atoms with E-state index in [1.54, 1.807) is 6.92 Å². The van der Waals surface area contributed by atoms with Crippen molar-refractivity contribution in [3.05, 3.63) is 23.5 Å². The molecule has 1 aromatic rings. The molecular formula is C13H19FN2. The fourth-order valence-electron chi connectivity index (χ4n) is 2.47. The molecule has 0 unspecified atom stereocenters. The maximum Gasteiger partial charge on any atom is 0.128 e. The predicted octanol–water partition coefficient (Wildman–Crippen LogP) is 3.10. The van der Waals surface area contributed by atoms with E-state index < -0.39 is 0 Å². The van der Waals surface area contributed by atoms with Crippen molar-refractivity contribution in [2.75, 3.05) is 17.2 Å². The third-order valence-corrected chi connectivity index (χ3v) is 3.50. The average molecular weight is 222 g/mol. The number of halogens is 1. The van der Waals surface area contributed by atoms with Crippen LogP contribution in [0.4, 0.5) is 15.8 Å². The molecule has 0 aliphatic carbocycles. The average Bonchev–Trinajstić information content (AvgIpc) is 2.52. The number of rotatable bonds is 1. The topological polar surface area (TPSA) is 29.3 Å². The van der Waals surface area contributed by atoms with Crippen LogP contribution in [0, 0.1) is 12.7 Å². The Bertz CT molecular complexity index is 413. The molecule has 0 bridgehead atoms. The Hall–Kier alpha value is -1.25. The van der Waals surface area contributed by atoms with E-state index in [1.807, 2.05) is 6.07 Å². The van der Waals surface area contributed by atoms with Gasteiger partial charge in [-0.15, -0.1) is 0 Å². The number of nitrogens with zero attached hydrogens (tertiary/aromatic N) is 1. The van der Waals surface area contributed by atoms with E-state index in [9.17, 15) is 4.39 Å². The van der Waals surface area contributed by atoms with Crippen molar-refractivity contribution in [1.29, 1.82) is 0 Å². The molecule has 1 saturated heterocycles. The molecule has 0 saturated carbocycles. The van der Waals surface area contributed by atoms with Gasteiger partial charge in [-0.25, -0.2) is 4.39 Å². The highest BCUT2D eigenvalue weighted by Crippen LogP contribution is 2.37. The van der Waals surface area contributed by atoms with Crippen LogP contribution in [0.5, 0.6) is 0 Å². The van der Waals surface area contributed by atoms with E-state index in [-0.39, 0.29) is 11.4 Å². The number of nitrogen functional groups attached to an aromatic ring is 1. The van der Waals surface area contributed by atoms with Crippen molar-refractivity contribution in [1.82, 2.24) is 0 Å². The minimum atomic E-state index is -0.224. The second-order valence-electron chi connectivity index (χ2n) is 5.23. The first kappa shape index (κ1) is 11.2. The quantitative estimate of drug-likeness (QED) is 0.740. The van der Waals surface area contributed by atoms with Crippen molar-refractivity contribution in [3.63, 3.8) is 0 Å². The van der Waals surface area contributed by atoms with Gasteiger partial charge in [-0.2, -0.15) is 0 Å². The monoisotopic (exact) mass is 222 g/mol. The van der Waals surface area contributed by atoms with E-state index in [0.717, 1.165) is 18.7 Å². The van der Waals surface area contributed by atoms with E-state index in [0.29, 0.717) is 11.3 Å². The molecule has 88 valence electrons. The molecule has 3 heteroatoms. The third-order valence-electron chi connectivity index (χ3n) is 3.50. The minimum Gasteiger partial charge on any atom is -0.397 e. The SMILES string of the molecule is Cc1cc(N2CCCC2(C)C)c(N)cc1F. The minimum absolute atomic E-state index is 0.123. The summed E-state index contributed by atoms with van der Waals surface area (Å²) < 4.78 is 13.3. The molecular weight excluding hydrogens is 203 g/mol. The molecule has 0 spiro atoms. The lowest BCUT2D eigenvalue weighted by molar-refractivity contribution is 0.517. The zero-order chi connectivity index (χ0) is 11.9. The van der Waals surface area contributed by atoms with Crippen molar-refractivity contribution in [2.45, 2.75) is 39.2 Å². The van der Waals surface area contributed by atoms with Gasteiger partial charge in [0.05, 0.1) is 11.4 Å². The summed E-state index contributed by atoms with van der Waals surface area (Å²) in [6.45, 7) is 7.19. The fourth-order valence-corrected chi connectivity index (χ4v) is 2.47. The lowest BCUT2D eigenvalue weighted by Crippen LogP contribution is -2.38. The second kappa shape index (κ2) is 3.65. The molecule has 1 fully saturated rings. The van der Waals surface area contributed by atoms with Crippen LogP contribution in [-0.2, 0) is 0 Å². The highest BCUT2D eigenvalue weighted by atomic mass is 19.1. The smallest absolute Gasteiger partial charge is 0.128 e. The van der Waals surface area contributed by atoms with Gasteiger partial charge in [0, 0.05) is 12.1 Å². The summed E-state index contributed by atoms with van der Waals surface area (Å²) in [6.07, 6.45) is 2.33. The predicted molar refractivity (Wildman–Crippen MR) is 66.2 cm³/mol. The summed E-state index contributed by atoms with van der Waals surface area (Å²) in [5, 5.41) is 0. The number of anilines is 2. The Kier molecular flexibility index (Phi) is 2.56. The van der Waals surface area contributed by atoms with Gasteiger partial charge in [-0.05, 0) is 51.3 Å². The number of nitrogens with two attached hydrogens (primary N) is 1. The van der Waals surface area contributed by atoms with Gasteiger partial charge in [-0.3, -0.25) is 0 Å². The number of benzene rings is 1. The summed E-state index contributed by atoms with van der Waals surface area (Å²) in [6, 6.07) is 3.29. The number of hydrogen-bond acceptors (Lipinski definition) is 2. The summed E-state index contributed by atoms with van der Waals surface area (Å²) in [7, 11) is 0. The van der Waals surface area contributed by atoms with Crippen LogP contribution in [0.25, 0.3) is 0 Å². The largest absolute Gasteiger partial charge is 0.397 e. The first-order valence-corrected chi connectivity index (χ1v) is 5.75. The van der Waals surface area contributed by atoms with Crippen LogP contribution in [0.2, 0.25) is 0 Å². The summed E-state index contributed by atoms with van der Waals surface area (Å²) in [5.41, 5.74) is 8.21. The zero-order valence-corrected chi connectivity index (χ0v) is 10.2. The molecule has 0 amide bonds. The van der Waals surface area contributed by atoms with Crippen molar-refractivity contribution in [3.8, 4) is 0 Å². The Labute approximate surface area is 96.2 Å². The van der Waals surface area contributed by atoms with Crippen molar-refractivity contribution >= 4 is 11.4 Å². The molecule has 2 rings (SSSR count). The van der Waals surface area contributed by atoms with E-state index >= 15 is 0 Å². The molecule has 1 aliphatic heterocycles. The highest BCUT2D eigenvalue weighted by Gasteiger charge is 2.33. The van der Waals surface area contributed by atoms with Gasteiger partial charge in [0.1, 0.15) is 5.82 Å². The van der Waals surface area contributed by atoms with E-state index in [1.165, 1.54) is 12.5 Å². The fraction of sp³-hybridized carbons (Fsp3) is 0.538. The van der Waals surface area contributed by atoms with E-state index in [2.05, 4.69) is 18.7 Å². The van der Waals surface area contributed by atoms with Crippen LogP contribution in [0.15, 0.2) is 12.1 Å². The molecule has 1 heterocycles. The van der Waals surface area contributed by atoms with Crippen LogP contribution >= 0.6 is 0 Å². The number of hydrogen-bond donors (Lipinski definition) is 1. The lowest BCUT2D eigenvalue weighted by atomic mass is 10.0. The Morgan fingerprint density at radius 2 is 2.06 bits per heavy atom. The molecule has 0 radical (unpaired) electrons. The molecule has 16 heavy (non-hydrogen) atoms. The van der Waals surface area contributed by atoms with Crippen molar-refractivity contribution < 1.29 is 4.39 Å². The van der Waals surface area contributed by atoms with Gasteiger partial charge < -0.3 is 10.6 Å². The second-order valence-corrected chi connectivity index (χ2v) is 5.23. The van der Waals surface area contributed by atoms with Gasteiger partial charge in [0.2, 0.25) is 0 Å². The number of aryl methyl sites for hydroxylation is 1. The molecule has 1 aromatic carbocycles. The van der Waals surface area contributed by atoms with Gasteiger partial charge in [-0.1, -0.05) is 0 Å². The van der Waals surface area contributed by atoms with E-state index in [4.69, 9.17) is 5.73 Å². The highest BCUT2D eigenvalue weighted by molar-refractivity contribution is 5.70. The Balaban J connectivity index is 2.44.